The molecule has 1 heterocycles. The number of nitrogens with zero attached hydrogens (tertiary/aromatic N) is 1. The van der Waals surface area contributed by atoms with Crippen LogP contribution in [0.25, 0.3) is 6.08 Å². The van der Waals surface area contributed by atoms with Crippen molar-refractivity contribution in [1.82, 2.24) is 5.32 Å². The maximum atomic E-state index is 12.7. The normalized spacial score (nSPS) is 16.5. The number of carbonyl (C=O) groups is 3. The first-order valence-electron chi connectivity index (χ1n) is 6.88. The molecular weight excluding hydrogens is 396 g/mol. The lowest BCUT2D eigenvalue weighted by molar-refractivity contribution is -0.122. The maximum Gasteiger partial charge on any atom is 0.335 e. The number of benzene rings is 2. The molecule has 2 aromatic carbocycles. The van der Waals surface area contributed by atoms with Crippen molar-refractivity contribution in [1.29, 1.82) is 0 Å². The molecule has 0 atom stereocenters. The number of amides is 4. The van der Waals surface area contributed by atoms with E-state index in [2.05, 4.69) is 21.2 Å². The fourth-order valence-electron chi connectivity index (χ4n) is 2.25. The molecule has 0 aliphatic carbocycles. The lowest BCUT2D eigenvalue weighted by Crippen LogP contribution is -2.54. The summed E-state index contributed by atoms with van der Waals surface area (Å²) in [4.78, 5) is 37.7. The third-order valence-corrected chi connectivity index (χ3v) is 4.09. The van der Waals surface area contributed by atoms with Gasteiger partial charge in [-0.05, 0) is 48.0 Å². The van der Waals surface area contributed by atoms with Gasteiger partial charge < -0.3 is 0 Å². The highest BCUT2D eigenvalue weighted by molar-refractivity contribution is 9.10. The predicted octanol–water partition coefficient (Wildman–Crippen LogP) is 3.77. The van der Waals surface area contributed by atoms with Gasteiger partial charge in [0.25, 0.3) is 11.8 Å². The van der Waals surface area contributed by atoms with Crippen molar-refractivity contribution in [2.24, 2.45) is 0 Å². The smallest absolute Gasteiger partial charge is 0.273 e. The molecule has 4 amide bonds. The summed E-state index contributed by atoms with van der Waals surface area (Å²) in [7, 11) is 0. The van der Waals surface area contributed by atoms with Crippen LogP contribution in [0, 0.1) is 0 Å². The molecule has 2 aromatic rings. The van der Waals surface area contributed by atoms with Gasteiger partial charge in [-0.1, -0.05) is 39.7 Å². The standard InChI is InChI=1S/C17H10BrClN2O3/c18-11-3-1-2-10(8-11)9-14-15(22)20-17(24)21(16(14)23)13-6-4-12(19)5-7-13/h1-9H,(H,20,22,24)/b14-9-. The minimum atomic E-state index is -0.793. The van der Waals surface area contributed by atoms with E-state index in [1.165, 1.54) is 18.2 Å². The number of rotatable bonds is 2. The summed E-state index contributed by atoms with van der Waals surface area (Å²) in [6, 6.07) is 12.5. The molecule has 1 aliphatic rings. The lowest BCUT2D eigenvalue weighted by Gasteiger charge is -2.26. The summed E-state index contributed by atoms with van der Waals surface area (Å²) in [5.74, 6) is -1.42. The third kappa shape index (κ3) is 3.25. The molecule has 1 fully saturated rings. The molecule has 0 bridgehead atoms. The Kier molecular flexibility index (Phi) is 4.51. The second-order valence-corrected chi connectivity index (χ2v) is 6.34. The highest BCUT2D eigenvalue weighted by Gasteiger charge is 2.36. The lowest BCUT2D eigenvalue weighted by atomic mass is 10.1. The van der Waals surface area contributed by atoms with Crippen LogP contribution in [0.3, 0.4) is 0 Å². The summed E-state index contributed by atoms with van der Waals surface area (Å²) in [5.41, 5.74) is 0.866. The Hall–Kier alpha value is -2.44. The highest BCUT2D eigenvalue weighted by Crippen LogP contribution is 2.24. The summed E-state index contributed by atoms with van der Waals surface area (Å²) in [6.45, 7) is 0. The number of carbonyl (C=O) groups excluding carboxylic acids is 3. The van der Waals surface area contributed by atoms with Crippen molar-refractivity contribution in [3.63, 3.8) is 0 Å². The average Bonchev–Trinajstić information content (AvgIpc) is 2.53. The van der Waals surface area contributed by atoms with Gasteiger partial charge in [0, 0.05) is 9.50 Å². The fraction of sp³-hybridized carbons (Fsp3) is 0. The number of hydrogen-bond acceptors (Lipinski definition) is 3. The van der Waals surface area contributed by atoms with E-state index in [1.807, 2.05) is 6.07 Å². The van der Waals surface area contributed by atoms with Crippen LogP contribution >= 0.6 is 27.5 Å². The third-order valence-electron chi connectivity index (χ3n) is 3.35. The van der Waals surface area contributed by atoms with Crippen LogP contribution in [0.2, 0.25) is 5.02 Å². The predicted molar refractivity (Wildman–Crippen MR) is 94.6 cm³/mol. The molecule has 1 aliphatic heterocycles. The fourth-order valence-corrected chi connectivity index (χ4v) is 2.79. The van der Waals surface area contributed by atoms with Crippen LogP contribution in [0.15, 0.2) is 58.6 Å². The Labute approximate surface area is 151 Å². The molecule has 120 valence electrons. The van der Waals surface area contributed by atoms with Crippen molar-refractivity contribution in [3.05, 3.63) is 69.2 Å². The average molecular weight is 406 g/mol. The zero-order chi connectivity index (χ0) is 17.3. The van der Waals surface area contributed by atoms with Gasteiger partial charge in [0.05, 0.1) is 5.69 Å². The number of anilines is 1. The molecule has 1 N–H and O–H groups in total. The van der Waals surface area contributed by atoms with E-state index >= 15 is 0 Å². The number of nitrogens with one attached hydrogen (secondary N) is 1. The number of imide groups is 2. The second-order valence-electron chi connectivity index (χ2n) is 4.99. The first-order chi connectivity index (χ1) is 11.5. The zero-order valence-corrected chi connectivity index (χ0v) is 14.5. The van der Waals surface area contributed by atoms with Crippen LogP contribution in [-0.4, -0.2) is 17.8 Å². The van der Waals surface area contributed by atoms with E-state index in [0.29, 0.717) is 16.3 Å². The molecule has 0 aromatic heterocycles. The first-order valence-corrected chi connectivity index (χ1v) is 8.05. The van der Waals surface area contributed by atoms with E-state index in [9.17, 15) is 14.4 Å². The Bertz CT molecular complexity index is 878. The Balaban J connectivity index is 2.01. The van der Waals surface area contributed by atoms with Crippen LogP contribution in [0.5, 0.6) is 0 Å². The Morgan fingerprint density at radius 3 is 2.42 bits per heavy atom. The largest absolute Gasteiger partial charge is 0.335 e. The monoisotopic (exact) mass is 404 g/mol. The molecular formula is C17H10BrClN2O3. The topological polar surface area (TPSA) is 66.5 Å². The quantitative estimate of drug-likeness (QED) is 0.611. The van der Waals surface area contributed by atoms with Crippen molar-refractivity contribution in [2.75, 3.05) is 4.90 Å². The first kappa shape index (κ1) is 16.4. The number of halogens is 2. The summed E-state index contributed by atoms with van der Waals surface area (Å²) in [5, 5.41) is 2.65. The number of barbiturate groups is 1. The van der Waals surface area contributed by atoms with Crippen LogP contribution in [-0.2, 0) is 9.59 Å². The molecule has 0 saturated carbocycles. The summed E-state index contributed by atoms with van der Waals surface area (Å²) >= 11 is 9.15. The van der Waals surface area contributed by atoms with E-state index in [4.69, 9.17) is 11.6 Å². The van der Waals surface area contributed by atoms with Gasteiger partial charge in [0.2, 0.25) is 0 Å². The van der Waals surface area contributed by atoms with Crippen LogP contribution in [0.4, 0.5) is 10.5 Å². The van der Waals surface area contributed by atoms with E-state index in [-0.39, 0.29) is 5.57 Å². The molecule has 24 heavy (non-hydrogen) atoms. The SMILES string of the molecule is O=C1NC(=O)N(c2ccc(Cl)cc2)C(=O)/C1=C\c1cccc(Br)c1. The minimum absolute atomic E-state index is 0.123. The molecule has 0 radical (unpaired) electrons. The molecule has 0 spiro atoms. The van der Waals surface area contributed by atoms with Crippen LogP contribution < -0.4 is 10.2 Å². The van der Waals surface area contributed by atoms with Gasteiger partial charge in [-0.15, -0.1) is 0 Å². The van der Waals surface area contributed by atoms with E-state index in [0.717, 1.165) is 9.37 Å². The Morgan fingerprint density at radius 1 is 1.04 bits per heavy atom. The van der Waals surface area contributed by atoms with Gasteiger partial charge in [-0.3, -0.25) is 14.9 Å². The molecule has 0 unspecified atom stereocenters. The van der Waals surface area contributed by atoms with Gasteiger partial charge >= 0.3 is 6.03 Å². The molecule has 5 nitrogen and oxygen atoms in total. The molecule has 1 saturated heterocycles. The minimum Gasteiger partial charge on any atom is -0.273 e. The van der Waals surface area contributed by atoms with E-state index < -0.39 is 17.8 Å². The van der Waals surface area contributed by atoms with Gasteiger partial charge in [-0.2, -0.15) is 0 Å². The van der Waals surface area contributed by atoms with Gasteiger partial charge in [0.15, 0.2) is 0 Å². The van der Waals surface area contributed by atoms with Crippen molar-refractivity contribution in [3.8, 4) is 0 Å². The molecule has 3 rings (SSSR count). The van der Waals surface area contributed by atoms with Gasteiger partial charge in [-0.25, -0.2) is 9.69 Å². The zero-order valence-electron chi connectivity index (χ0n) is 12.1. The van der Waals surface area contributed by atoms with Crippen molar-refractivity contribution < 1.29 is 14.4 Å². The molecule has 7 heteroatoms. The number of urea groups is 1. The van der Waals surface area contributed by atoms with E-state index in [1.54, 1.807) is 30.3 Å². The van der Waals surface area contributed by atoms with Crippen molar-refractivity contribution in [2.45, 2.75) is 0 Å². The Morgan fingerprint density at radius 2 is 1.75 bits per heavy atom. The van der Waals surface area contributed by atoms with Crippen molar-refractivity contribution >= 4 is 57.1 Å². The summed E-state index contributed by atoms with van der Waals surface area (Å²) in [6.07, 6.45) is 1.44. The number of hydrogen-bond donors (Lipinski definition) is 1. The summed E-state index contributed by atoms with van der Waals surface area (Å²) < 4.78 is 0.811. The van der Waals surface area contributed by atoms with Crippen LogP contribution in [0.1, 0.15) is 5.56 Å². The maximum absolute atomic E-state index is 12.7. The highest BCUT2D eigenvalue weighted by atomic mass is 79.9. The van der Waals surface area contributed by atoms with Gasteiger partial charge in [0.1, 0.15) is 5.57 Å². The second kappa shape index (κ2) is 6.59.